The van der Waals surface area contributed by atoms with E-state index in [1.165, 1.54) is 100 Å². The highest BCUT2D eigenvalue weighted by Gasteiger charge is 1.97. The first kappa shape index (κ1) is 86.2. The number of hydrogen-bond donors (Lipinski definition) is 0. The second-order valence-corrected chi connectivity index (χ2v) is 19.4. The maximum atomic E-state index is 4.27. The fourth-order valence-electron chi connectivity index (χ4n) is 6.40. The Bertz CT molecular complexity index is 2430. The molecule has 8 rings (SSSR count). The molecule has 0 unspecified atom stereocenters. The van der Waals surface area contributed by atoms with Gasteiger partial charge < -0.3 is 0 Å². The van der Waals surface area contributed by atoms with Crippen molar-refractivity contribution >= 4 is 0 Å². The molecule has 0 aliphatic carbocycles. The van der Waals surface area contributed by atoms with Crippen LogP contribution in [0.3, 0.4) is 0 Å². The molecule has 0 aliphatic rings. The summed E-state index contributed by atoms with van der Waals surface area (Å²) >= 11 is 0. The molecule has 79 heavy (non-hydrogen) atoms. The summed E-state index contributed by atoms with van der Waals surface area (Å²) in [5.74, 6) is 0. The third-order valence-corrected chi connectivity index (χ3v) is 13.2. The fraction of sp³-hybridized carbons (Fsp3) is 0.425. The Morgan fingerprint density at radius 1 is 0.241 bits per heavy atom. The van der Waals surface area contributed by atoms with Crippen LogP contribution in [-0.4, -0.2) is 29.9 Å². The van der Waals surface area contributed by atoms with Crippen LogP contribution >= 0.6 is 0 Å². The summed E-state index contributed by atoms with van der Waals surface area (Å²) in [5, 5.41) is 0. The van der Waals surface area contributed by atoms with Crippen LogP contribution < -0.4 is 0 Å². The van der Waals surface area contributed by atoms with Crippen LogP contribution in [0.5, 0.6) is 0 Å². The summed E-state index contributed by atoms with van der Waals surface area (Å²) < 4.78 is 0. The van der Waals surface area contributed by atoms with Crippen molar-refractivity contribution < 1.29 is 0 Å². The van der Waals surface area contributed by atoms with Gasteiger partial charge in [0.1, 0.15) is 0 Å². The monoisotopic (exact) mass is 1080 g/mol. The van der Waals surface area contributed by atoms with Gasteiger partial charge in [-0.15, -0.1) is 0 Å². The maximum Gasteiger partial charge on any atom is 0.0404 e. The molecule has 0 saturated carbocycles. The minimum atomic E-state index is 0. The number of pyridine rings is 6. The molecule has 0 aliphatic heterocycles. The first-order valence-electron chi connectivity index (χ1n) is 25.1. The topological polar surface area (TPSA) is 77.3 Å². The first-order valence-corrected chi connectivity index (χ1v) is 25.1. The van der Waals surface area contributed by atoms with Crippen LogP contribution in [0.1, 0.15) is 186 Å². The highest BCUT2D eigenvalue weighted by atomic mass is 14.7. The van der Waals surface area contributed by atoms with Gasteiger partial charge >= 0.3 is 0 Å². The molecule has 2 aromatic carbocycles. The molecule has 0 radical (unpaired) electrons. The van der Waals surface area contributed by atoms with E-state index in [2.05, 4.69) is 209 Å². The standard InChI is InChI=1S/2C9H12.6C8H11N.7CH4/c1-7-4-5-8(2)9(3)6-7;1-7-5-4-6-8(2)9(7)3;1-6-4-9-5-7(2)8(6)3;1-6-4-8(3)9-5-7(6)2;1-6-4-7(2)8(3)9-5-6;2*1-6-4-5-9-8(3)7(6)2;1-6-4-5-7(2)9-8(6)3;;;;;;;/h2*4-6H,1-3H3;6*4-5H,1-3H3;7*1H4. The molecule has 6 heterocycles. The Morgan fingerprint density at radius 2 is 0.658 bits per heavy atom. The number of rotatable bonds is 0. The molecule has 6 heteroatoms. The molecule has 440 valence electrons. The Hall–Kier alpha value is -6.66. The van der Waals surface area contributed by atoms with Gasteiger partial charge in [-0.25, -0.2) is 0 Å². The molecule has 0 atom stereocenters. The van der Waals surface area contributed by atoms with E-state index in [9.17, 15) is 0 Å². The lowest BCUT2D eigenvalue weighted by Crippen LogP contribution is -1.87. The van der Waals surface area contributed by atoms with Crippen molar-refractivity contribution in [3.8, 4) is 0 Å². The van der Waals surface area contributed by atoms with E-state index in [1.807, 2.05) is 96.9 Å². The van der Waals surface area contributed by atoms with Crippen molar-refractivity contribution in [2.75, 3.05) is 0 Å². The molecule has 0 bridgehead atoms. The van der Waals surface area contributed by atoms with Crippen LogP contribution in [0, 0.1) is 166 Å². The molecular weight excluding hydrogens is 961 g/mol. The Labute approximate surface area is 490 Å². The third kappa shape index (κ3) is 33.4. The SMILES string of the molecule is C.C.C.C.C.C.C.Cc1cc(C)c(C)cn1.Cc1ccc(C)c(C)c1.Cc1ccc(C)c(C)n1.Cc1cccc(C)c1C.Cc1ccnc(C)c1C.Cc1ccnc(C)c1C.Cc1cnc(C)c(C)c1.Cc1cncc(C)c1C. The van der Waals surface area contributed by atoms with Crippen molar-refractivity contribution in [3.05, 3.63) is 244 Å². The lowest BCUT2D eigenvalue weighted by molar-refractivity contribution is 1.09. The molecule has 0 spiro atoms. The minimum absolute atomic E-state index is 0. The Kier molecular flexibility index (Phi) is 48.3. The minimum Gasteiger partial charge on any atom is -0.264 e. The van der Waals surface area contributed by atoms with Gasteiger partial charge in [-0.2, -0.15) is 0 Å². The number of nitrogens with zero attached hydrogens (tertiary/aromatic N) is 6. The van der Waals surface area contributed by atoms with E-state index < -0.39 is 0 Å². The summed E-state index contributed by atoms with van der Waals surface area (Å²) in [4.78, 5) is 24.9. The summed E-state index contributed by atoms with van der Waals surface area (Å²) in [6, 6.07) is 25.3. The highest BCUT2D eigenvalue weighted by Crippen LogP contribution is 2.12. The quantitative estimate of drug-likeness (QED) is 0.151. The zero-order chi connectivity index (χ0) is 54.8. The van der Waals surface area contributed by atoms with Crippen molar-refractivity contribution in [2.45, 2.75) is 218 Å². The number of aryl methyl sites for hydroxylation is 20. The van der Waals surface area contributed by atoms with Crippen molar-refractivity contribution in [2.24, 2.45) is 0 Å². The molecule has 8 aromatic rings. The Balaban J connectivity index is -0.000000148. The zero-order valence-electron chi connectivity index (χ0n) is 49.1. The van der Waals surface area contributed by atoms with Gasteiger partial charge in [-0.05, 0) is 285 Å². The largest absolute Gasteiger partial charge is 0.264 e. The van der Waals surface area contributed by atoms with Gasteiger partial charge in [-0.1, -0.05) is 106 Å². The van der Waals surface area contributed by atoms with Crippen LogP contribution in [0.25, 0.3) is 0 Å². The maximum absolute atomic E-state index is 4.27. The van der Waals surface area contributed by atoms with Crippen LogP contribution in [0.15, 0.2) is 110 Å². The molecule has 0 saturated heterocycles. The van der Waals surface area contributed by atoms with Crippen molar-refractivity contribution in [1.29, 1.82) is 0 Å². The number of hydrogen-bond acceptors (Lipinski definition) is 6. The molecule has 6 aromatic heterocycles. The highest BCUT2D eigenvalue weighted by molar-refractivity contribution is 5.32. The normalized spacial score (nSPS) is 8.81. The molecule has 6 nitrogen and oxygen atoms in total. The van der Waals surface area contributed by atoms with Gasteiger partial charge in [0.25, 0.3) is 0 Å². The predicted octanol–water partition coefficient (Wildman–Crippen LogP) is 21.7. The molecular formula is C73H118N6. The lowest BCUT2D eigenvalue weighted by atomic mass is 10.1. The summed E-state index contributed by atoms with van der Waals surface area (Å²) in [5.41, 5.74) is 30.5. The fourth-order valence-corrected chi connectivity index (χ4v) is 6.40. The van der Waals surface area contributed by atoms with Crippen molar-refractivity contribution in [3.63, 3.8) is 0 Å². The van der Waals surface area contributed by atoms with Gasteiger partial charge in [0.2, 0.25) is 0 Å². The Morgan fingerprint density at radius 3 is 0.987 bits per heavy atom. The third-order valence-electron chi connectivity index (χ3n) is 13.2. The lowest BCUT2D eigenvalue weighted by Gasteiger charge is -2.00. The van der Waals surface area contributed by atoms with Crippen molar-refractivity contribution in [1.82, 2.24) is 29.9 Å². The van der Waals surface area contributed by atoms with E-state index in [-0.39, 0.29) is 52.0 Å². The first-order chi connectivity index (χ1) is 33.7. The summed E-state index contributed by atoms with van der Waals surface area (Å²) in [7, 11) is 0. The zero-order valence-corrected chi connectivity index (χ0v) is 49.1. The summed E-state index contributed by atoms with van der Waals surface area (Å²) in [6.07, 6.45) is 11.3. The smallest absolute Gasteiger partial charge is 0.0404 e. The van der Waals surface area contributed by atoms with Gasteiger partial charge in [0.15, 0.2) is 0 Å². The van der Waals surface area contributed by atoms with E-state index >= 15 is 0 Å². The number of aromatic nitrogens is 6. The van der Waals surface area contributed by atoms with Crippen LogP contribution in [0.2, 0.25) is 0 Å². The van der Waals surface area contributed by atoms with E-state index in [1.54, 1.807) is 0 Å². The van der Waals surface area contributed by atoms with E-state index in [0.29, 0.717) is 0 Å². The molecule has 0 amide bonds. The molecule has 0 N–H and O–H groups in total. The van der Waals surface area contributed by atoms with Gasteiger partial charge in [0, 0.05) is 71.3 Å². The average molecular weight is 1080 g/mol. The van der Waals surface area contributed by atoms with Crippen LogP contribution in [0.4, 0.5) is 0 Å². The second-order valence-electron chi connectivity index (χ2n) is 19.4. The second kappa shape index (κ2) is 44.2. The van der Waals surface area contributed by atoms with Gasteiger partial charge in [-0.3, -0.25) is 29.9 Å². The summed E-state index contributed by atoms with van der Waals surface area (Å²) in [6.45, 7) is 50.0. The van der Waals surface area contributed by atoms with E-state index in [0.717, 1.165) is 34.2 Å². The predicted molar refractivity (Wildman–Crippen MR) is 359 cm³/mol. The van der Waals surface area contributed by atoms with Gasteiger partial charge in [0.05, 0.1) is 0 Å². The molecule has 0 fully saturated rings. The average Bonchev–Trinajstić information content (AvgIpc) is 3.32. The van der Waals surface area contributed by atoms with E-state index in [4.69, 9.17) is 0 Å². The number of benzene rings is 2. The van der Waals surface area contributed by atoms with Crippen LogP contribution in [-0.2, 0) is 0 Å².